The van der Waals surface area contributed by atoms with Gasteiger partial charge in [0.25, 0.3) is 0 Å². The van der Waals surface area contributed by atoms with Gasteiger partial charge in [0.2, 0.25) is 0 Å². The van der Waals surface area contributed by atoms with Crippen LogP contribution in [0.15, 0.2) is 54.7 Å². The average Bonchev–Trinajstić information content (AvgIpc) is 3.28. The lowest BCUT2D eigenvalue weighted by Crippen LogP contribution is -2.28. The summed E-state index contributed by atoms with van der Waals surface area (Å²) in [6.45, 7) is 7.22. The molecule has 0 unspecified atom stereocenters. The van der Waals surface area contributed by atoms with Crippen LogP contribution >= 0.6 is 0 Å². The minimum absolute atomic E-state index is 0.858. The Morgan fingerprint density at radius 1 is 0.968 bits per heavy atom. The molecular weight excluding hydrogens is 386 g/mol. The number of fused-ring (bicyclic) bond motifs is 1. The predicted molar refractivity (Wildman–Crippen MR) is 124 cm³/mol. The summed E-state index contributed by atoms with van der Waals surface area (Å²) in [5, 5.41) is 3.50. The monoisotopic (exact) mass is 415 g/mol. The Morgan fingerprint density at radius 3 is 2.58 bits per heavy atom. The highest BCUT2D eigenvalue weighted by Gasteiger charge is 2.19. The van der Waals surface area contributed by atoms with Gasteiger partial charge < -0.3 is 19.4 Å². The highest BCUT2D eigenvalue weighted by atomic mass is 16.5. The van der Waals surface area contributed by atoms with E-state index in [1.165, 1.54) is 12.1 Å². The van der Waals surface area contributed by atoms with E-state index in [0.717, 1.165) is 72.3 Å². The van der Waals surface area contributed by atoms with Crippen molar-refractivity contribution in [1.82, 2.24) is 24.6 Å². The van der Waals surface area contributed by atoms with Gasteiger partial charge in [-0.2, -0.15) is 0 Å². The number of benzene rings is 1. The first-order valence-electron chi connectivity index (χ1n) is 11.0. The molecule has 1 fully saturated rings. The number of imidazole rings is 1. The topological polar surface area (TPSA) is 57.6 Å². The van der Waals surface area contributed by atoms with Crippen LogP contribution in [-0.4, -0.2) is 52.6 Å². The van der Waals surface area contributed by atoms with Crippen molar-refractivity contribution < 1.29 is 4.74 Å². The maximum Gasteiger partial charge on any atom is 0.137 e. The summed E-state index contributed by atoms with van der Waals surface area (Å²) in [6, 6.07) is 16.7. The lowest BCUT2D eigenvalue weighted by atomic mass is 10.1. The van der Waals surface area contributed by atoms with E-state index in [1.54, 1.807) is 7.11 Å². The minimum Gasteiger partial charge on any atom is -0.497 e. The van der Waals surface area contributed by atoms with Crippen molar-refractivity contribution in [3.8, 4) is 28.3 Å². The zero-order valence-electron chi connectivity index (χ0n) is 18.2. The number of rotatable bonds is 5. The molecule has 1 aliphatic rings. The molecule has 0 atom stereocenters. The number of hydrogen-bond acceptors (Lipinski definition) is 4. The predicted octanol–water partition coefficient (Wildman–Crippen LogP) is 4.11. The molecule has 0 spiro atoms. The molecule has 3 aromatic heterocycles. The molecule has 31 heavy (non-hydrogen) atoms. The minimum atomic E-state index is 0.858. The van der Waals surface area contributed by atoms with Crippen molar-refractivity contribution in [3.63, 3.8) is 0 Å². The largest absolute Gasteiger partial charge is 0.497 e. The molecule has 5 rings (SSSR count). The quantitative estimate of drug-likeness (QED) is 0.515. The molecule has 4 aromatic rings. The van der Waals surface area contributed by atoms with Crippen molar-refractivity contribution in [1.29, 1.82) is 0 Å². The lowest BCUT2D eigenvalue weighted by Gasteiger charge is -2.20. The number of pyridine rings is 1. The Balaban J connectivity index is 1.61. The third-order valence-electron chi connectivity index (χ3n) is 6.03. The number of nitrogens with zero attached hydrogens (tertiary/aromatic N) is 3. The molecule has 0 saturated carbocycles. The van der Waals surface area contributed by atoms with Gasteiger partial charge >= 0.3 is 0 Å². The Hall–Kier alpha value is -3.09. The average molecular weight is 416 g/mol. The Kier molecular flexibility index (Phi) is 5.49. The molecule has 160 valence electrons. The summed E-state index contributed by atoms with van der Waals surface area (Å²) in [7, 11) is 1.70. The second-order valence-corrected chi connectivity index (χ2v) is 8.22. The standard InChI is InChI=1S/C25H29N5O/c1-18-4-10-22(27-18)20-7-11-24-28-25(19-5-8-21(31-2)9-6-19)23(30(24)16-20)17-29-14-3-12-26-13-15-29/h4-11,16,26-27H,3,12-15,17H2,1-2H3. The van der Waals surface area contributed by atoms with Crippen molar-refractivity contribution in [2.45, 2.75) is 19.9 Å². The summed E-state index contributed by atoms with van der Waals surface area (Å²) in [4.78, 5) is 11.0. The molecule has 4 heterocycles. The molecule has 1 aliphatic heterocycles. The van der Waals surface area contributed by atoms with E-state index >= 15 is 0 Å². The second-order valence-electron chi connectivity index (χ2n) is 8.22. The normalized spacial score (nSPS) is 15.3. The van der Waals surface area contributed by atoms with Crippen LogP contribution in [0, 0.1) is 6.92 Å². The number of nitrogens with one attached hydrogen (secondary N) is 2. The van der Waals surface area contributed by atoms with Gasteiger partial charge in [-0.25, -0.2) is 4.98 Å². The van der Waals surface area contributed by atoms with Crippen LogP contribution in [0.1, 0.15) is 17.8 Å². The molecule has 6 nitrogen and oxygen atoms in total. The van der Waals surface area contributed by atoms with Crippen LogP contribution in [0.3, 0.4) is 0 Å². The molecule has 6 heteroatoms. The van der Waals surface area contributed by atoms with Gasteiger partial charge in [0, 0.05) is 48.3 Å². The highest BCUT2D eigenvalue weighted by molar-refractivity contribution is 5.69. The molecule has 1 aromatic carbocycles. The van der Waals surface area contributed by atoms with Crippen LogP contribution in [0.25, 0.3) is 28.2 Å². The number of methoxy groups -OCH3 is 1. The van der Waals surface area contributed by atoms with E-state index in [2.05, 4.69) is 69.1 Å². The number of hydrogen-bond donors (Lipinski definition) is 2. The summed E-state index contributed by atoms with van der Waals surface area (Å²) < 4.78 is 7.62. The molecular formula is C25H29N5O. The maximum absolute atomic E-state index is 5.35. The Labute approximate surface area is 182 Å². The number of aromatic amines is 1. The van der Waals surface area contributed by atoms with Crippen molar-refractivity contribution in [3.05, 3.63) is 66.1 Å². The van der Waals surface area contributed by atoms with Gasteiger partial charge in [0.1, 0.15) is 11.4 Å². The van der Waals surface area contributed by atoms with Crippen molar-refractivity contribution in [2.24, 2.45) is 0 Å². The first-order chi connectivity index (χ1) is 15.2. The van der Waals surface area contributed by atoms with E-state index < -0.39 is 0 Å². The molecule has 0 radical (unpaired) electrons. The first-order valence-corrected chi connectivity index (χ1v) is 11.0. The van der Waals surface area contributed by atoms with E-state index in [-0.39, 0.29) is 0 Å². The SMILES string of the molecule is COc1ccc(-c2nc3ccc(-c4ccc(C)[nH]4)cn3c2CN2CCCNCC2)cc1. The van der Waals surface area contributed by atoms with E-state index in [0.29, 0.717) is 0 Å². The van der Waals surface area contributed by atoms with E-state index in [9.17, 15) is 0 Å². The van der Waals surface area contributed by atoms with Crippen LogP contribution in [0.4, 0.5) is 0 Å². The third kappa shape index (κ3) is 4.09. The fraction of sp³-hybridized carbons (Fsp3) is 0.320. The summed E-state index contributed by atoms with van der Waals surface area (Å²) >= 11 is 0. The summed E-state index contributed by atoms with van der Waals surface area (Å²) in [5.74, 6) is 0.858. The Bertz CT molecular complexity index is 1170. The number of ether oxygens (including phenoxy) is 1. The number of aryl methyl sites for hydroxylation is 1. The fourth-order valence-corrected chi connectivity index (χ4v) is 4.33. The zero-order valence-corrected chi connectivity index (χ0v) is 18.2. The molecule has 1 saturated heterocycles. The third-order valence-corrected chi connectivity index (χ3v) is 6.03. The van der Waals surface area contributed by atoms with Crippen molar-refractivity contribution >= 4 is 5.65 Å². The second kappa shape index (κ2) is 8.57. The van der Waals surface area contributed by atoms with Crippen LogP contribution in [-0.2, 0) is 6.54 Å². The van der Waals surface area contributed by atoms with Gasteiger partial charge in [-0.3, -0.25) is 4.90 Å². The molecule has 2 N–H and O–H groups in total. The highest BCUT2D eigenvalue weighted by Crippen LogP contribution is 2.29. The zero-order chi connectivity index (χ0) is 21.2. The molecule has 0 bridgehead atoms. The summed E-state index contributed by atoms with van der Waals surface area (Å²) in [6.07, 6.45) is 3.38. The first kappa shape index (κ1) is 19.8. The lowest BCUT2D eigenvalue weighted by molar-refractivity contribution is 0.281. The number of H-pyrrole nitrogens is 1. The van der Waals surface area contributed by atoms with Crippen LogP contribution in [0.5, 0.6) is 5.75 Å². The fourth-order valence-electron chi connectivity index (χ4n) is 4.33. The van der Waals surface area contributed by atoms with Gasteiger partial charge in [0.15, 0.2) is 0 Å². The van der Waals surface area contributed by atoms with Gasteiger partial charge in [-0.15, -0.1) is 0 Å². The smallest absolute Gasteiger partial charge is 0.137 e. The van der Waals surface area contributed by atoms with Crippen LogP contribution in [0.2, 0.25) is 0 Å². The van der Waals surface area contributed by atoms with E-state index in [1.807, 2.05) is 12.1 Å². The van der Waals surface area contributed by atoms with Gasteiger partial charge in [-0.05, 0) is 75.0 Å². The van der Waals surface area contributed by atoms with Gasteiger partial charge in [0.05, 0.1) is 18.5 Å². The van der Waals surface area contributed by atoms with E-state index in [4.69, 9.17) is 9.72 Å². The Morgan fingerprint density at radius 2 is 1.81 bits per heavy atom. The van der Waals surface area contributed by atoms with Crippen molar-refractivity contribution in [2.75, 3.05) is 33.3 Å². The molecule has 0 amide bonds. The summed E-state index contributed by atoms with van der Waals surface area (Å²) in [5.41, 5.74) is 7.82. The molecule has 0 aliphatic carbocycles. The van der Waals surface area contributed by atoms with Crippen LogP contribution < -0.4 is 10.1 Å². The number of aromatic nitrogens is 3. The maximum atomic E-state index is 5.35. The van der Waals surface area contributed by atoms with Gasteiger partial charge in [-0.1, -0.05) is 0 Å².